The molecule has 32 heavy (non-hydrogen) atoms. The van der Waals surface area contributed by atoms with Crippen molar-refractivity contribution in [2.24, 2.45) is 4.99 Å². The summed E-state index contributed by atoms with van der Waals surface area (Å²) in [5, 5.41) is 6.51. The van der Waals surface area contributed by atoms with E-state index in [1.54, 1.807) is 23.5 Å². The van der Waals surface area contributed by atoms with E-state index in [1.807, 2.05) is 43.3 Å². The third-order valence-corrected chi connectivity index (χ3v) is 7.29. The average molecular weight is 573 g/mol. The summed E-state index contributed by atoms with van der Waals surface area (Å²) in [4.78, 5) is 4.63. The van der Waals surface area contributed by atoms with E-state index >= 15 is 0 Å². The van der Waals surface area contributed by atoms with Gasteiger partial charge in [-0.05, 0) is 37.5 Å². The van der Waals surface area contributed by atoms with Gasteiger partial charge in [0.25, 0.3) is 0 Å². The molecule has 0 spiro atoms. The molecule has 7 nitrogen and oxygen atoms in total. The van der Waals surface area contributed by atoms with Crippen LogP contribution in [0, 0.1) is 0 Å². The second kappa shape index (κ2) is 13.0. The summed E-state index contributed by atoms with van der Waals surface area (Å²) in [5.41, 5.74) is 1.76. The molecule has 0 saturated carbocycles. The number of rotatable bonds is 8. The molecule has 9 heteroatoms. The van der Waals surface area contributed by atoms with E-state index in [-0.39, 0.29) is 24.0 Å². The van der Waals surface area contributed by atoms with Crippen LogP contribution in [0.15, 0.2) is 58.4 Å². The molecule has 0 bridgehead atoms. The topological polar surface area (TPSA) is 83.0 Å². The summed E-state index contributed by atoms with van der Waals surface area (Å²) < 4.78 is 33.6. The number of para-hydroxylation sites is 1. The smallest absolute Gasteiger partial charge is 0.243 e. The van der Waals surface area contributed by atoms with Crippen molar-refractivity contribution in [3.05, 3.63) is 59.7 Å². The highest BCUT2D eigenvalue weighted by molar-refractivity contribution is 14.0. The van der Waals surface area contributed by atoms with E-state index in [1.165, 1.54) is 0 Å². The number of aliphatic imine (C=N–C) groups is 1. The molecule has 2 aromatic rings. The fourth-order valence-electron chi connectivity index (χ4n) is 3.67. The maximum Gasteiger partial charge on any atom is 0.243 e. The number of hydrogen-bond donors (Lipinski definition) is 2. The van der Waals surface area contributed by atoms with Crippen LogP contribution in [0.25, 0.3) is 0 Å². The molecule has 0 unspecified atom stereocenters. The first-order valence-corrected chi connectivity index (χ1v) is 12.2. The number of ether oxygens (including phenoxy) is 1. The zero-order chi connectivity index (χ0) is 22.1. The van der Waals surface area contributed by atoms with E-state index in [2.05, 4.69) is 15.6 Å². The van der Waals surface area contributed by atoms with Gasteiger partial charge < -0.3 is 15.4 Å². The largest absolute Gasteiger partial charge is 0.494 e. The molecule has 1 saturated heterocycles. The Morgan fingerprint density at radius 3 is 2.22 bits per heavy atom. The van der Waals surface area contributed by atoms with Gasteiger partial charge in [-0.25, -0.2) is 8.42 Å². The fourth-order valence-corrected chi connectivity index (χ4v) is 5.41. The van der Waals surface area contributed by atoms with Crippen molar-refractivity contribution in [3.63, 3.8) is 0 Å². The Labute approximate surface area is 208 Å². The second-order valence-corrected chi connectivity index (χ2v) is 9.30. The third kappa shape index (κ3) is 6.82. The van der Waals surface area contributed by atoms with Crippen LogP contribution in [0.1, 0.15) is 37.3 Å². The van der Waals surface area contributed by atoms with Crippen LogP contribution in [0.5, 0.6) is 5.75 Å². The van der Waals surface area contributed by atoms with E-state index in [9.17, 15) is 8.42 Å². The first-order chi connectivity index (χ1) is 15.1. The molecule has 176 valence electrons. The SMILES string of the molecule is CCOc1ccccc1CNC(=NC)NCc1ccccc1S(=O)(=O)N1CCCCC1.I. The van der Waals surface area contributed by atoms with Crippen LogP contribution < -0.4 is 15.4 Å². The lowest BCUT2D eigenvalue weighted by molar-refractivity contribution is 0.336. The number of halogens is 1. The third-order valence-electron chi connectivity index (χ3n) is 5.29. The van der Waals surface area contributed by atoms with Crippen molar-refractivity contribution in [1.82, 2.24) is 14.9 Å². The lowest BCUT2D eigenvalue weighted by atomic mass is 10.2. The van der Waals surface area contributed by atoms with Gasteiger partial charge in [-0.2, -0.15) is 4.31 Å². The molecule has 2 N–H and O–H groups in total. The van der Waals surface area contributed by atoms with Crippen LogP contribution in [-0.4, -0.2) is 45.4 Å². The van der Waals surface area contributed by atoms with Crippen molar-refractivity contribution in [2.45, 2.75) is 44.2 Å². The van der Waals surface area contributed by atoms with Gasteiger partial charge in [-0.1, -0.05) is 42.8 Å². The van der Waals surface area contributed by atoms with E-state index in [4.69, 9.17) is 4.74 Å². The van der Waals surface area contributed by atoms with Crippen LogP contribution in [-0.2, 0) is 23.1 Å². The predicted octanol–water partition coefficient (Wildman–Crippen LogP) is 3.74. The molecule has 0 aliphatic carbocycles. The monoisotopic (exact) mass is 572 g/mol. The zero-order valence-corrected chi connectivity index (χ0v) is 21.9. The highest BCUT2D eigenvalue weighted by Gasteiger charge is 2.27. The van der Waals surface area contributed by atoms with Crippen molar-refractivity contribution >= 4 is 40.0 Å². The molecule has 0 atom stereocenters. The molecule has 0 amide bonds. The van der Waals surface area contributed by atoms with E-state index in [0.29, 0.717) is 43.6 Å². The van der Waals surface area contributed by atoms with Gasteiger partial charge in [-0.3, -0.25) is 4.99 Å². The second-order valence-electron chi connectivity index (χ2n) is 7.39. The van der Waals surface area contributed by atoms with Gasteiger partial charge in [0.15, 0.2) is 5.96 Å². The standard InChI is InChI=1S/C23H32N4O3S.HI/c1-3-30-21-13-7-5-11-19(21)17-25-23(24-2)26-18-20-12-6-8-14-22(20)31(28,29)27-15-9-4-10-16-27;/h5-8,11-14H,3-4,9-10,15-18H2,1-2H3,(H2,24,25,26);1H. The molecule has 1 aliphatic rings. The summed E-state index contributed by atoms with van der Waals surface area (Å²) in [7, 11) is -1.80. The van der Waals surface area contributed by atoms with Gasteiger partial charge in [0.1, 0.15) is 5.75 Å². The van der Waals surface area contributed by atoms with Gasteiger partial charge in [0, 0.05) is 38.8 Å². The molecule has 3 rings (SSSR count). The minimum absolute atomic E-state index is 0. The summed E-state index contributed by atoms with van der Waals surface area (Å²) in [5.74, 6) is 1.43. The quantitative estimate of drug-likeness (QED) is 0.286. The lowest BCUT2D eigenvalue weighted by Crippen LogP contribution is -2.38. The minimum atomic E-state index is -3.50. The maximum atomic E-state index is 13.2. The molecule has 1 heterocycles. The van der Waals surface area contributed by atoms with Gasteiger partial charge in [0.2, 0.25) is 10.0 Å². The Bertz CT molecular complexity index is 992. The van der Waals surface area contributed by atoms with Gasteiger partial charge >= 0.3 is 0 Å². The first-order valence-electron chi connectivity index (χ1n) is 10.8. The number of sulfonamides is 1. The van der Waals surface area contributed by atoms with E-state index < -0.39 is 10.0 Å². The first kappa shape index (κ1) is 26.4. The van der Waals surface area contributed by atoms with Crippen LogP contribution in [0.4, 0.5) is 0 Å². The summed E-state index contributed by atoms with van der Waals surface area (Å²) in [6.07, 6.45) is 2.92. The Balaban J connectivity index is 0.00000363. The molecular formula is C23H33IN4O3S. The molecule has 2 aromatic carbocycles. The Morgan fingerprint density at radius 2 is 1.56 bits per heavy atom. The maximum absolute atomic E-state index is 13.2. The van der Waals surface area contributed by atoms with Crippen molar-refractivity contribution in [3.8, 4) is 5.75 Å². The molecule has 1 fully saturated rings. The van der Waals surface area contributed by atoms with Crippen LogP contribution in [0.3, 0.4) is 0 Å². The summed E-state index contributed by atoms with van der Waals surface area (Å²) in [6, 6.07) is 15.0. The Kier molecular flexibility index (Phi) is 10.7. The van der Waals surface area contributed by atoms with Gasteiger partial charge in [-0.15, -0.1) is 24.0 Å². The summed E-state index contributed by atoms with van der Waals surface area (Å²) >= 11 is 0. The lowest BCUT2D eigenvalue weighted by Gasteiger charge is -2.27. The average Bonchev–Trinajstić information content (AvgIpc) is 2.81. The molecule has 0 aromatic heterocycles. The number of nitrogens with zero attached hydrogens (tertiary/aromatic N) is 2. The van der Waals surface area contributed by atoms with Crippen molar-refractivity contribution in [1.29, 1.82) is 0 Å². The van der Waals surface area contributed by atoms with Crippen LogP contribution in [0.2, 0.25) is 0 Å². The number of hydrogen-bond acceptors (Lipinski definition) is 4. The highest BCUT2D eigenvalue weighted by atomic mass is 127. The molecule has 0 radical (unpaired) electrons. The number of guanidine groups is 1. The van der Waals surface area contributed by atoms with Crippen molar-refractivity contribution in [2.75, 3.05) is 26.7 Å². The fraction of sp³-hybridized carbons (Fsp3) is 0.435. The number of benzene rings is 2. The minimum Gasteiger partial charge on any atom is -0.494 e. The predicted molar refractivity (Wildman–Crippen MR) is 139 cm³/mol. The van der Waals surface area contributed by atoms with Crippen molar-refractivity contribution < 1.29 is 13.2 Å². The normalized spacial score (nSPS) is 15.0. The zero-order valence-electron chi connectivity index (χ0n) is 18.7. The highest BCUT2D eigenvalue weighted by Crippen LogP contribution is 2.23. The number of nitrogens with one attached hydrogen (secondary N) is 2. The molecule has 1 aliphatic heterocycles. The Hall–Kier alpha value is -1.85. The summed E-state index contributed by atoms with van der Waals surface area (Å²) in [6.45, 7) is 4.64. The van der Waals surface area contributed by atoms with E-state index in [0.717, 1.165) is 36.1 Å². The van der Waals surface area contributed by atoms with Gasteiger partial charge in [0.05, 0.1) is 11.5 Å². The van der Waals surface area contributed by atoms with Crippen LogP contribution >= 0.6 is 24.0 Å². The molecular weight excluding hydrogens is 539 g/mol. The Morgan fingerprint density at radius 1 is 0.969 bits per heavy atom. The number of piperidine rings is 1.